The van der Waals surface area contributed by atoms with Gasteiger partial charge in [-0.05, 0) is 11.1 Å². The molecule has 1 aliphatic carbocycles. The highest BCUT2D eigenvalue weighted by Gasteiger charge is 2.58. The number of rotatable bonds is 5. The molecule has 1 aliphatic rings. The van der Waals surface area contributed by atoms with Gasteiger partial charge in [-0.2, -0.15) is 5.26 Å². The van der Waals surface area contributed by atoms with Gasteiger partial charge in [0.15, 0.2) is 5.41 Å². The second-order valence-electron chi connectivity index (χ2n) is 6.74. The Balaban J connectivity index is 2.18. The largest absolute Gasteiger partial charge is 0.460 e. The maximum atomic E-state index is 13.2. The molecule has 2 aromatic rings. The minimum Gasteiger partial charge on any atom is -0.460 e. The topological polar surface area (TPSA) is 67.2 Å². The smallest absolute Gasteiger partial charge is 0.328 e. The number of hydrogen-bond donors (Lipinski definition) is 0. The third kappa shape index (κ3) is 3.41. The van der Waals surface area contributed by atoms with Crippen LogP contribution in [-0.4, -0.2) is 18.4 Å². The van der Waals surface area contributed by atoms with Crippen molar-refractivity contribution in [2.45, 2.75) is 24.7 Å². The van der Waals surface area contributed by atoms with Gasteiger partial charge in [-0.3, -0.25) is 9.59 Å². The van der Waals surface area contributed by atoms with Crippen molar-refractivity contribution in [3.8, 4) is 6.07 Å². The summed E-state index contributed by atoms with van der Waals surface area (Å²) in [5.74, 6) is -1.68. The van der Waals surface area contributed by atoms with Crippen molar-refractivity contribution >= 4 is 11.8 Å². The highest BCUT2D eigenvalue weighted by molar-refractivity contribution is 5.90. The number of benzene rings is 2. The van der Waals surface area contributed by atoms with E-state index in [2.05, 4.69) is 12.6 Å². The molecule has 0 heterocycles. The molecule has 3 atom stereocenters. The Morgan fingerprint density at radius 2 is 1.56 bits per heavy atom. The molecule has 0 saturated heterocycles. The van der Waals surface area contributed by atoms with Gasteiger partial charge in [0.05, 0.1) is 6.07 Å². The van der Waals surface area contributed by atoms with E-state index < -0.39 is 23.2 Å². The second-order valence-corrected chi connectivity index (χ2v) is 6.74. The first kappa shape index (κ1) is 18.6. The van der Waals surface area contributed by atoms with Crippen LogP contribution >= 0.6 is 0 Å². The molecule has 136 valence electrons. The molecule has 1 saturated carbocycles. The van der Waals surface area contributed by atoms with Crippen LogP contribution in [0.4, 0.5) is 0 Å². The zero-order valence-corrected chi connectivity index (χ0v) is 15.0. The summed E-state index contributed by atoms with van der Waals surface area (Å²) < 4.78 is 5.37. The van der Waals surface area contributed by atoms with E-state index in [0.29, 0.717) is 0 Å². The number of hydrogen-bond acceptors (Lipinski definition) is 4. The lowest BCUT2D eigenvalue weighted by molar-refractivity contribution is -0.156. The fourth-order valence-electron chi connectivity index (χ4n) is 3.98. The summed E-state index contributed by atoms with van der Waals surface area (Å²) in [4.78, 5) is 25.8. The predicted molar refractivity (Wildman–Crippen MR) is 102 cm³/mol. The van der Waals surface area contributed by atoms with Gasteiger partial charge in [0.25, 0.3) is 0 Å². The average Bonchev–Trinajstić information content (AvgIpc) is 2.72. The van der Waals surface area contributed by atoms with Crippen LogP contribution < -0.4 is 0 Å². The zero-order valence-electron chi connectivity index (χ0n) is 15.0. The minimum absolute atomic E-state index is 0.0270. The number of Topliss-reactive ketones (excluding diaryl/α,β-unsaturated/α-hetero) is 1. The van der Waals surface area contributed by atoms with Crippen LogP contribution in [0, 0.1) is 16.7 Å². The third-order valence-electron chi connectivity index (χ3n) is 5.22. The molecule has 1 fully saturated rings. The number of carbonyl (C=O) groups is 2. The van der Waals surface area contributed by atoms with E-state index in [4.69, 9.17) is 4.74 Å². The van der Waals surface area contributed by atoms with Gasteiger partial charge < -0.3 is 4.74 Å². The molecule has 0 aromatic heterocycles. The number of ketones is 1. The minimum atomic E-state index is -1.47. The van der Waals surface area contributed by atoms with E-state index in [1.54, 1.807) is 0 Å². The van der Waals surface area contributed by atoms with Gasteiger partial charge in [0.1, 0.15) is 12.4 Å². The second kappa shape index (κ2) is 8.01. The molecule has 1 unspecified atom stereocenters. The summed E-state index contributed by atoms with van der Waals surface area (Å²) >= 11 is 0. The van der Waals surface area contributed by atoms with Crippen molar-refractivity contribution in [3.63, 3.8) is 0 Å². The first-order chi connectivity index (χ1) is 13.1. The lowest BCUT2D eigenvalue weighted by atomic mass is 9.56. The molecule has 0 amide bonds. The number of nitrogens with zero attached hydrogens (tertiary/aromatic N) is 1. The van der Waals surface area contributed by atoms with Crippen LogP contribution in [0.1, 0.15) is 35.8 Å². The first-order valence-corrected chi connectivity index (χ1v) is 8.94. The fraction of sp³-hybridized carbons (Fsp3) is 0.261. The Hall–Kier alpha value is -3.19. The molecule has 0 bridgehead atoms. The van der Waals surface area contributed by atoms with Crippen molar-refractivity contribution < 1.29 is 14.3 Å². The molecule has 4 nitrogen and oxygen atoms in total. The van der Waals surface area contributed by atoms with E-state index in [0.717, 1.165) is 11.1 Å². The van der Waals surface area contributed by atoms with Gasteiger partial charge in [-0.1, -0.05) is 73.3 Å². The first-order valence-electron chi connectivity index (χ1n) is 8.94. The van der Waals surface area contributed by atoms with Crippen molar-refractivity contribution in [2.75, 3.05) is 6.61 Å². The SMILES string of the molecule is C=CCOC(=O)C1(C#N)[C@@H](c2ccccc2)CC(=O)C[C@H]1c1ccccc1. The molecular weight excluding hydrogens is 338 g/mol. The van der Waals surface area contributed by atoms with Crippen molar-refractivity contribution in [1.29, 1.82) is 5.26 Å². The summed E-state index contributed by atoms with van der Waals surface area (Å²) in [5.41, 5.74) is 0.117. The van der Waals surface area contributed by atoms with E-state index in [-0.39, 0.29) is 25.2 Å². The lowest BCUT2D eigenvalue weighted by Gasteiger charge is -2.42. The van der Waals surface area contributed by atoms with Crippen LogP contribution in [-0.2, 0) is 14.3 Å². The quantitative estimate of drug-likeness (QED) is 0.594. The molecule has 4 heteroatoms. The Morgan fingerprint density at radius 1 is 1.07 bits per heavy atom. The van der Waals surface area contributed by atoms with Gasteiger partial charge in [-0.15, -0.1) is 0 Å². The highest BCUT2D eigenvalue weighted by atomic mass is 16.5. The summed E-state index contributed by atoms with van der Waals surface area (Å²) in [6.45, 7) is 3.61. The number of ether oxygens (including phenoxy) is 1. The van der Waals surface area contributed by atoms with Crippen LogP contribution in [0.3, 0.4) is 0 Å². The van der Waals surface area contributed by atoms with Crippen LogP contribution in [0.2, 0.25) is 0 Å². The van der Waals surface area contributed by atoms with Crippen LogP contribution in [0.25, 0.3) is 0 Å². The lowest BCUT2D eigenvalue weighted by Crippen LogP contribution is -2.47. The molecule has 3 rings (SSSR count). The number of carbonyl (C=O) groups excluding carboxylic acids is 2. The molecule has 0 radical (unpaired) electrons. The van der Waals surface area contributed by atoms with Crippen molar-refractivity contribution in [3.05, 3.63) is 84.4 Å². The summed E-state index contributed by atoms with van der Waals surface area (Å²) in [6.07, 6.45) is 1.76. The Morgan fingerprint density at radius 3 is 1.96 bits per heavy atom. The number of nitriles is 1. The average molecular weight is 359 g/mol. The normalized spacial score (nSPS) is 24.6. The summed E-state index contributed by atoms with van der Waals surface area (Å²) in [7, 11) is 0. The van der Waals surface area contributed by atoms with Gasteiger partial charge in [0.2, 0.25) is 0 Å². The zero-order chi connectivity index (χ0) is 19.3. The van der Waals surface area contributed by atoms with Gasteiger partial charge >= 0.3 is 5.97 Å². The molecule has 27 heavy (non-hydrogen) atoms. The fourth-order valence-corrected chi connectivity index (χ4v) is 3.98. The highest BCUT2D eigenvalue weighted by Crippen LogP contribution is 2.54. The van der Waals surface area contributed by atoms with Gasteiger partial charge in [0, 0.05) is 24.7 Å². The molecule has 0 aliphatic heterocycles. The van der Waals surface area contributed by atoms with Gasteiger partial charge in [-0.25, -0.2) is 0 Å². The van der Waals surface area contributed by atoms with E-state index in [1.165, 1.54) is 6.08 Å². The predicted octanol–water partition coefficient (Wildman–Crippen LogP) is 4.16. The Kier molecular flexibility index (Phi) is 5.52. The number of esters is 1. The summed E-state index contributed by atoms with van der Waals surface area (Å²) in [6, 6.07) is 20.9. The Labute approximate surface area is 159 Å². The molecule has 2 aromatic carbocycles. The molecular formula is C23H21NO3. The monoisotopic (exact) mass is 359 g/mol. The standard InChI is InChI=1S/C23H21NO3/c1-2-13-27-22(26)23(16-24)20(17-9-5-3-6-10-17)14-19(25)15-21(23)18-11-7-4-8-12-18/h2-12,20-21H,1,13-15H2/t20-,21+,23?. The van der Waals surface area contributed by atoms with E-state index in [9.17, 15) is 14.9 Å². The van der Waals surface area contributed by atoms with Crippen LogP contribution in [0.5, 0.6) is 0 Å². The van der Waals surface area contributed by atoms with E-state index in [1.807, 2.05) is 60.7 Å². The maximum absolute atomic E-state index is 13.2. The third-order valence-corrected chi connectivity index (χ3v) is 5.22. The van der Waals surface area contributed by atoms with Crippen molar-refractivity contribution in [2.24, 2.45) is 5.41 Å². The Bertz CT molecular complexity index is 816. The van der Waals surface area contributed by atoms with Crippen LogP contribution in [0.15, 0.2) is 73.3 Å². The maximum Gasteiger partial charge on any atom is 0.328 e. The molecule has 0 N–H and O–H groups in total. The summed E-state index contributed by atoms with van der Waals surface area (Å²) in [5, 5.41) is 10.3. The molecule has 0 spiro atoms. The van der Waals surface area contributed by atoms with E-state index >= 15 is 0 Å². The van der Waals surface area contributed by atoms with Crippen molar-refractivity contribution in [1.82, 2.24) is 0 Å².